The van der Waals surface area contributed by atoms with Crippen LogP contribution >= 0.6 is 0 Å². The molecule has 0 aliphatic carbocycles. The van der Waals surface area contributed by atoms with E-state index in [0.29, 0.717) is 11.7 Å². The van der Waals surface area contributed by atoms with Crippen LogP contribution in [0.3, 0.4) is 0 Å². The SMILES string of the molecule is Cc1cc(C(=O)N2CCC(Cc3ccc(F)cc3)CC2)on1. The molecule has 0 radical (unpaired) electrons. The molecule has 0 spiro atoms. The predicted molar refractivity (Wildman–Crippen MR) is 80.0 cm³/mol. The number of nitrogens with zero attached hydrogens (tertiary/aromatic N) is 2. The number of carbonyl (C=O) groups is 1. The van der Waals surface area contributed by atoms with Gasteiger partial charge in [0.05, 0.1) is 5.69 Å². The monoisotopic (exact) mass is 302 g/mol. The van der Waals surface area contributed by atoms with Crippen molar-refractivity contribution in [2.75, 3.05) is 13.1 Å². The molecule has 0 unspecified atom stereocenters. The van der Waals surface area contributed by atoms with E-state index in [1.54, 1.807) is 13.0 Å². The van der Waals surface area contributed by atoms with Gasteiger partial charge in [0.1, 0.15) is 5.82 Å². The summed E-state index contributed by atoms with van der Waals surface area (Å²) in [5.74, 6) is 0.563. The van der Waals surface area contributed by atoms with Gasteiger partial charge < -0.3 is 9.42 Å². The van der Waals surface area contributed by atoms with Crippen LogP contribution in [0.1, 0.15) is 34.7 Å². The molecule has 4 nitrogen and oxygen atoms in total. The van der Waals surface area contributed by atoms with Gasteiger partial charge in [-0.2, -0.15) is 0 Å². The fourth-order valence-corrected chi connectivity index (χ4v) is 2.91. The Bertz CT molecular complexity index is 643. The highest BCUT2D eigenvalue weighted by atomic mass is 19.1. The maximum absolute atomic E-state index is 12.9. The third-order valence-corrected chi connectivity index (χ3v) is 4.18. The highest BCUT2D eigenvalue weighted by molar-refractivity contribution is 5.91. The lowest BCUT2D eigenvalue weighted by molar-refractivity contribution is 0.0648. The molecule has 1 saturated heterocycles. The van der Waals surface area contributed by atoms with E-state index in [0.717, 1.165) is 43.6 Å². The van der Waals surface area contributed by atoms with Crippen molar-refractivity contribution in [2.45, 2.75) is 26.2 Å². The minimum atomic E-state index is -0.202. The van der Waals surface area contributed by atoms with Crippen LogP contribution in [-0.4, -0.2) is 29.1 Å². The molecule has 1 aliphatic heterocycles. The lowest BCUT2D eigenvalue weighted by Gasteiger charge is -2.31. The first-order chi connectivity index (χ1) is 10.6. The minimum Gasteiger partial charge on any atom is -0.351 e. The van der Waals surface area contributed by atoms with Gasteiger partial charge in [0, 0.05) is 19.2 Å². The summed E-state index contributed by atoms with van der Waals surface area (Å²) in [5.41, 5.74) is 1.87. The van der Waals surface area contributed by atoms with Crippen LogP contribution in [0.25, 0.3) is 0 Å². The van der Waals surface area contributed by atoms with Gasteiger partial charge >= 0.3 is 0 Å². The fourth-order valence-electron chi connectivity index (χ4n) is 2.91. The van der Waals surface area contributed by atoms with Gasteiger partial charge in [0.2, 0.25) is 5.76 Å². The van der Waals surface area contributed by atoms with Crippen molar-refractivity contribution in [1.29, 1.82) is 0 Å². The van der Waals surface area contributed by atoms with Crippen molar-refractivity contribution in [2.24, 2.45) is 5.92 Å². The summed E-state index contributed by atoms with van der Waals surface area (Å²) in [6.45, 7) is 3.25. The van der Waals surface area contributed by atoms with Crippen LogP contribution in [0.2, 0.25) is 0 Å². The second-order valence-corrected chi connectivity index (χ2v) is 5.90. The summed E-state index contributed by atoms with van der Waals surface area (Å²) in [6.07, 6.45) is 2.84. The highest BCUT2D eigenvalue weighted by Gasteiger charge is 2.25. The Hall–Kier alpha value is -2.17. The maximum atomic E-state index is 12.9. The van der Waals surface area contributed by atoms with Crippen LogP contribution < -0.4 is 0 Å². The average molecular weight is 302 g/mol. The van der Waals surface area contributed by atoms with Crippen LogP contribution in [0.15, 0.2) is 34.9 Å². The van der Waals surface area contributed by atoms with E-state index in [4.69, 9.17) is 4.52 Å². The number of likely N-dealkylation sites (tertiary alicyclic amines) is 1. The fraction of sp³-hybridized carbons (Fsp3) is 0.412. The Labute approximate surface area is 128 Å². The first kappa shape index (κ1) is 14.8. The number of carbonyl (C=O) groups excluding carboxylic acids is 1. The molecule has 2 heterocycles. The average Bonchev–Trinajstić information content (AvgIpc) is 2.96. The summed E-state index contributed by atoms with van der Waals surface area (Å²) < 4.78 is 17.9. The second kappa shape index (κ2) is 6.30. The summed E-state index contributed by atoms with van der Waals surface area (Å²) in [6, 6.07) is 8.35. The molecule has 3 rings (SSSR count). The zero-order chi connectivity index (χ0) is 15.5. The Kier molecular flexibility index (Phi) is 4.22. The maximum Gasteiger partial charge on any atom is 0.292 e. The topological polar surface area (TPSA) is 46.3 Å². The second-order valence-electron chi connectivity index (χ2n) is 5.90. The molecule has 1 aliphatic rings. The third-order valence-electron chi connectivity index (χ3n) is 4.18. The first-order valence-electron chi connectivity index (χ1n) is 7.59. The summed E-state index contributed by atoms with van der Waals surface area (Å²) in [5, 5.41) is 3.76. The number of amides is 1. The van der Waals surface area contributed by atoms with Gasteiger partial charge in [-0.15, -0.1) is 0 Å². The number of hydrogen-bond donors (Lipinski definition) is 0. The van der Waals surface area contributed by atoms with Crippen molar-refractivity contribution in [3.63, 3.8) is 0 Å². The first-order valence-corrected chi connectivity index (χ1v) is 7.59. The third kappa shape index (κ3) is 3.35. The number of aromatic nitrogens is 1. The Morgan fingerprint density at radius 1 is 1.32 bits per heavy atom. The molecular weight excluding hydrogens is 283 g/mol. The molecule has 116 valence electrons. The molecule has 0 N–H and O–H groups in total. The number of rotatable bonds is 3. The molecule has 22 heavy (non-hydrogen) atoms. The molecule has 1 fully saturated rings. The number of aryl methyl sites for hydroxylation is 1. The number of benzene rings is 1. The highest BCUT2D eigenvalue weighted by Crippen LogP contribution is 2.23. The van der Waals surface area contributed by atoms with E-state index in [2.05, 4.69) is 5.16 Å². The predicted octanol–water partition coefficient (Wildman–Crippen LogP) is 3.22. The van der Waals surface area contributed by atoms with Gasteiger partial charge in [0.25, 0.3) is 5.91 Å². The minimum absolute atomic E-state index is 0.0826. The molecule has 5 heteroatoms. The summed E-state index contributed by atoms with van der Waals surface area (Å²) in [4.78, 5) is 14.1. The Balaban J connectivity index is 1.54. The van der Waals surface area contributed by atoms with E-state index < -0.39 is 0 Å². The molecular formula is C17H19FN2O2. The molecule has 1 amide bonds. The Morgan fingerprint density at radius 3 is 2.59 bits per heavy atom. The van der Waals surface area contributed by atoms with Gasteiger partial charge in [-0.25, -0.2) is 4.39 Å². The van der Waals surface area contributed by atoms with E-state index in [9.17, 15) is 9.18 Å². The Morgan fingerprint density at radius 2 is 2.00 bits per heavy atom. The quantitative estimate of drug-likeness (QED) is 0.874. The summed E-state index contributed by atoms with van der Waals surface area (Å²) >= 11 is 0. The van der Waals surface area contributed by atoms with Crippen LogP contribution in [-0.2, 0) is 6.42 Å². The van der Waals surface area contributed by atoms with Crippen molar-refractivity contribution in [3.8, 4) is 0 Å². The van der Waals surface area contributed by atoms with Crippen LogP contribution in [0.4, 0.5) is 4.39 Å². The molecule has 1 aromatic carbocycles. The van der Waals surface area contributed by atoms with Crippen LogP contribution in [0.5, 0.6) is 0 Å². The number of halogens is 1. The van der Waals surface area contributed by atoms with Gasteiger partial charge in [0.15, 0.2) is 0 Å². The smallest absolute Gasteiger partial charge is 0.292 e. The number of piperidine rings is 1. The van der Waals surface area contributed by atoms with Crippen molar-refractivity contribution in [3.05, 3.63) is 53.2 Å². The van der Waals surface area contributed by atoms with Crippen LogP contribution in [0, 0.1) is 18.7 Å². The van der Waals surface area contributed by atoms with Crippen molar-refractivity contribution in [1.82, 2.24) is 10.1 Å². The zero-order valence-electron chi connectivity index (χ0n) is 12.6. The zero-order valence-corrected chi connectivity index (χ0v) is 12.6. The largest absolute Gasteiger partial charge is 0.351 e. The lowest BCUT2D eigenvalue weighted by atomic mass is 9.90. The lowest BCUT2D eigenvalue weighted by Crippen LogP contribution is -2.38. The molecule has 0 atom stereocenters. The number of hydrogen-bond acceptors (Lipinski definition) is 3. The van der Waals surface area contributed by atoms with E-state index in [-0.39, 0.29) is 11.7 Å². The summed E-state index contributed by atoms with van der Waals surface area (Å²) in [7, 11) is 0. The van der Waals surface area contributed by atoms with E-state index in [1.165, 1.54) is 12.1 Å². The van der Waals surface area contributed by atoms with Gasteiger partial charge in [-0.3, -0.25) is 4.79 Å². The van der Waals surface area contributed by atoms with Gasteiger partial charge in [-0.05, 0) is 49.8 Å². The van der Waals surface area contributed by atoms with Crippen molar-refractivity contribution < 1.29 is 13.7 Å². The standard InChI is InChI=1S/C17H19FN2O2/c1-12-10-16(22-19-12)17(21)20-8-6-14(7-9-20)11-13-2-4-15(18)5-3-13/h2-5,10,14H,6-9,11H2,1H3. The normalized spacial score (nSPS) is 16.0. The van der Waals surface area contributed by atoms with Gasteiger partial charge in [-0.1, -0.05) is 17.3 Å². The molecule has 0 bridgehead atoms. The molecule has 1 aromatic heterocycles. The van der Waals surface area contributed by atoms with Crippen molar-refractivity contribution >= 4 is 5.91 Å². The van der Waals surface area contributed by atoms with E-state index in [1.807, 2.05) is 17.0 Å². The molecule has 0 saturated carbocycles. The molecule has 2 aromatic rings. The van der Waals surface area contributed by atoms with E-state index >= 15 is 0 Å².